The summed E-state index contributed by atoms with van der Waals surface area (Å²) in [4.78, 5) is 9.01. The second kappa shape index (κ2) is 8.84. The van der Waals surface area contributed by atoms with Crippen LogP contribution in [0.1, 0.15) is 0 Å². The van der Waals surface area contributed by atoms with E-state index in [2.05, 4.69) is 42.3 Å². The highest BCUT2D eigenvalue weighted by Crippen LogP contribution is 2.24. The van der Waals surface area contributed by atoms with Crippen LogP contribution in [-0.2, 0) is 0 Å². The molecule has 4 aromatic rings. The molecule has 0 saturated carbocycles. The Morgan fingerprint density at radius 3 is 2.22 bits per heavy atom. The Morgan fingerprint density at radius 1 is 0.844 bits per heavy atom. The van der Waals surface area contributed by atoms with Crippen LogP contribution in [0.5, 0.6) is 5.75 Å². The lowest BCUT2D eigenvalue weighted by Gasteiger charge is -2.36. The molecule has 0 radical (unpaired) electrons. The number of methoxy groups -OCH3 is 1. The summed E-state index contributed by atoms with van der Waals surface area (Å²) < 4.78 is 10.6. The van der Waals surface area contributed by atoms with E-state index in [1.807, 2.05) is 36.4 Å². The van der Waals surface area contributed by atoms with Gasteiger partial charge < -0.3 is 19.1 Å². The van der Waals surface area contributed by atoms with Crippen LogP contribution in [0.25, 0.3) is 23.0 Å². The summed E-state index contributed by atoms with van der Waals surface area (Å²) in [6.45, 7) is 3.54. The molecule has 8 nitrogen and oxygen atoms in total. The molecular formula is C23H21ClN6O2. The van der Waals surface area contributed by atoms with Crippen molar-refractivity contribution in [3.05, 3.63) is 65.7 Å². The second-order valence-corrected chi connectivity index (χ2v) is 7.82. The lowest BCUT2D eigenvalue weighted by Crippen LogP contribution is -2.46. The van der Waals surface area contributed by atoms with E-state index in [4.69, 9.17) is 20.9 Å². The van der Waals surface area contributed by atoms with Crippen LogP contribution in [-0.4, -0.2) is 53.6 Å². The standard InChI is InChI=1S/C23H21ClN6O2/c1-31-19-8-6-18(7-9-19)29-12-14-30(15-13-29)21-11-10-20(26-27-21)23-25-22(28-32-23)16-2-4-17(24)5-3-16/h2-11H,12-15H2,1H3. The van der Waals surface area contributed by atoms with E-state index in [0.717, 1.165) is 43.3 Å². The van der Waals surface area contributed by atoms with Crippen LogP contribution in [0.4, 0.5) is 11.5 Å². The molecule has 3 heterocycles. The number of aromatic nitrogens is 4. The molecule has 1 aliphatic heterocycles. The van der Waals surface area contributed by atoms with Crippen molar-refractivity contribution < 1.29 is 9.26 Å². The van der Waals surface area contributed by atoms with Gasteiger partial charge in [-0.25, -0.2) is 0 Å². The van der Waals surface area contributed by atoms with Crippen molar-refractivity contribution in [1.82, 2.24) is 20.3 Å². The fourth-order valence-corrected chi connectivity index (χ4v) is 3.76. The molecule has 0 unspecified atom stereocenters. The van der Waals surface area contributed by atoms with Gasteiger partial charge in [-0.15, -0.1) is 10.2 Å². The number of halogens is 1. The Hall–Kier alpha value is -3.65. The highest BCUT2D eigenvalue weighted by atomic mass is 35.5. The molecule has 0 bridgehead atoms. The van der Waals surface area contributed by atoms with Crippen molar-refractivity contribution in [1.29, 1.82) is 0 Å². The van der Waals surface area contributed by atoms with Crippen LogP contribution in [0.2, 0.25) is 5.02 Å². The molecule has 1 aliphatic rings. The van der Waals surface area contributed by atoms with Gasteiger partial charge in [0, 0.05) is 42.5 Å². The molecule has 0 N–H and O–H groups in total. The summed E-state index contributed by atoms with van der Waals surface area (Å²) in [5.74, 6) is 2.51. The van der Waals surface area contributed by atoms with Gasteiger partial charge >= 0.3 is 0 Å². The number of nitrogens with zero attached hydrogens (tertiary/aromatic N) is 6. The van der Waals surface area contributed by atoms with Crippen LogP contribution in [0, 0.1) is 0 Å². The van der Waals surface area contributed by atoms with Crippen LogP contribution in [0.3, 0.4) is 0 Å². The van der Waals surface area contributed by atoms with Crippen molar-refractivity contribution in [2.75, 3.05) is 43.1 Å². The quantitative estimate of drug-likeness (QED) is 0.449. The molecule has 1 fully saturated rings. The molecule has 0 atom stereocenters. The first-order valence-corrected chi connectivity index (χ1v) is 10.6. The molecule has 2 aromatic heterocycles. The first kappa shape index (κ1) is 20.3. The van der Waals surface area contributed by atoms with Crippen molar-refractivity contribution in [3.8, 4) is 28.7 Å². The molecule has 9 heteroatoms. The molecule has 1 saturated heterocycles. The summed E-state index contributed by atoms with van der Waals surface area (Å²) in [6, 6.07) is 19.2. The van der Waals surface area contributed by atoms with E-state index in [-0.39, 0.29) is 0 Å². The first-order valence-electron chi connectivity index (χ1n) is 10.3. The first-order chi connectivity index (χ1) is 15.7. The van der Waals surface area contributed by atoms with E-state index in [1.54, 1.807) is 19.2 Å². The van der Waals surface area contributed by atoms with Gasteiger partial charge in [-0.2, -0.15) is 4.98 Å². The Kier molecular flexibility index (Phi) is 5.60. The van der Waals surface area contributed by atoms with Gasteiger partial charge in [-0.05, 0) is 60.7 Å². The van der Waals surface area contributed by atoms with Crippen molar-refractivity contribution in [3.63, 3.8) is 0 Å². The lowest BCUT2D eigenvalue weighted by molar-refractivity contribution is 0.415. The molecule has 2 aromatic carbocycles. The third kappa shape index (κ3) is 4.22. The Balaban J connectivity index is 1.23. The number of ether oxygens (including phenoxy) is 1. The summed E-state index contributed by atoms with van der Waals surface area (Å²) in [5.41, 5.74) is 2.56. The molecule has 5 rings (SSSR count). The minimum Gasteiger partial charge on any atom is -0.497 e. The monoisotopic (exact) mass is 448 g/mol. The van der Waals surface area contributed by atoms with Gasteiger partial charge in [0.25, 0.3) is 5.89 Å². The zero-order valence-electron chi connectivity index (χ0n) is 17.5. The predicted molar refractivity (Wildman–Crippen MR) is 123 cm³/mol. The zero-order chi connectivity index (χ0) is 21.9. The molecule has 0 spiro atoms. The number of piperazine rings is 1. The van der Waals surface area contributed by atoms with Crippen LogP contribution >= 0.6 is 11.6 Å². The third-order valence-electron chi connectivity index (χ3n) is 5.44. The van der Waals surface area contributed by atoms with Crippen molar-refractivity contribution >= 4 is 23.1 Å². The number of hydrogen-bond donors (Lipinski definition) is 0. The minimum atomic E-state index is 0.332. The number of anilines is 2. The van der Waals surface area contributed by atoms with Gasteiger partial charge in [0.15, 0.2) is 11.5 Å². The summed E-state index contributed by atoms with van der Waals surface area (Å²) in [7, 11) is 1.68. The lowest BCUT2D eigenvalue weighted by atomic mass is 10.2. The van der Waals surface area contributed by atoms with E-state index >= 15 is 0 Å². The van der Waals surface area contributed by atoms with Gasteiger partial charge in [0.05, 0.1) is 7.11 Å². The molecule has 162 valence electrons. The fraction of sp³-hybridized carbons (Fsp3) is 0.217. The maximum Gasteiger partial charge on any atom is 0.278 e. The molecule has 0 aliphatic carbocycles. The Labute approximate surface area is 190 Å². The van der Waals surface area contributed by atoms with E-state index < -0.39 is 0 Å². The van der Waals surface area contributed by atoms with Gasteiger partial charge in [0.2, 0.25) is 5.82 Å². The zero-order valence-corrected chi connectivity index (χ0v) is 18.2. The van der Waals surface area contributed by atoms with E-state index in [9.17, 15) is 0 Å². The van der Waals surface area contributed by atoms with Crippen molar-refractivity contribution in [2.24, 2.45) is 0 Å². The number of benzene rings is 2. The fourth-order valence-electron chi connectivity index (χ4n) is 3.64. The van der Waals surface area contributed by atoms with E-state index in [1.165, 1.54) is 5.69 Å². The van der Waals surface area contributed by atoms with Gasteiger partial charge in [0.1, 0.15) is 5.75 Å². The normalized spacial score (nSPS) is 13.9. The number of hydrogen-bond acceptors (Lipinski definition) is 8. The third-order valence-corrected chi connectivity index (χ3v) is 5.69. The van der Waals surface area contributed by atoms with Crippen LogP contribution < -0.4 is 14.5 Å². The molecule has 32 heavy (non-hydrogen) atoms. The summed E-state index contributed by atoms with van der Waals surface area (Å²) >= 11 is 5.94. The number of rotatable bonds is 5. The maximum absolute atomic E-state index is 5.94. The summed E-state index contributed by atoms with van der Waals surface area (Å²) in [6.07, 6.45) is 0. The van der Waals surface area contributed by atoms with Gasteiger partial charge in [-0.3, -0.25) is 0 Å². The van der Waals surface area contributed by atoms with Crippen molar-refractivity contribution in [2.45, 2.75) is 0 Å². The molecule has 0 amide bonds. The average Bonchev–Trinajstić information content (AvgIpc) is 3.35. The molecular weight excluding hydrogens is 428 g/mol. The maximum atomic E-state index is 5.94. The predicted octanol–water partition coefficient (Wildman–Crippen LogP) is 4.18. The largest absolute Gasteiger partial charge is 0.497 e. The SMILES string of the molecule is COc1ccc(N2CCN(c3ccc(-c4nc(-c5ccc(Cl)cc5)no4)nn3)CC2)cc1. The highest BCUT2D eigenvalue weighted by Gasteiger charge is 2.20. The van der Waals surface area contributed by atoms with Crippen LogP contribution in [0.15, 0.2) is 65.2 Å². The van der Waals surface area contributed by atoms with E-state index in [0.29, 0.717) is 22.4 Å². The Bertz CT molecular complexity index is 1170. The highest BCUT2D eigenvalue weighted by molar-refractivity contribution is 6.30. The summed E-state index contributed by atoms with van der Waals surface area (Å²) in [5, 5.41) is 13.4. The second-order valence-electron chi connectivity index (χ2n) is 7.38. The topological polar surface area (TPSA) is 80.4 Å². The minimum absolute atomic E-state index is 0.332. The Morgan fingerprint density at radius 2 is 1.56 bits per heavy atom. The average molecular weight is 449 g/mol. The smallest absolute Gasteiger partial charge is 0.278 e. The van der Waals surface area contributed by atoms with Gasteiger partial charge in [-0.1, -0.05) is 16.8 Å².